The van der Waals surface area contributed by atoms with Gasteiger partial charge < -0.3 is 0 Å². The fourth-order valence-corrected chi connectivity index (χ4v) is 0.693. The van der Waals surface area contributed by atoms with Crippen molar-refractivity contribution in [1.29, 1.82) is 0 Å². The SMILES string of the molecule is CNNCc1cccnc1.Cl.Cl. The Bertz CT molecular complexity index is 181. The lowest BCUT2D eigenvalue weighted by Gasteiger charge is -2.00. The highest BCUT2D eigenvalue weighted by molar-refractivity contribution is 5.85. The van der Waals surface area contributed by atoms with Gasteiger partial charge in [-0.25, -0.2) is 0 Å². The summed E-state index contributed by atoms with van der Waals surface area (Å²) in [5, 5.41) is 0. The minimum absolute atomic E-state index is 0. The van der Waals surface area contributed by atoms with Gasteiger partial charge in [0, 0.05) is 18.9 Å². The summed E-state index contributed by atoms with van der Waals surface area (Å²) in [6.07, 6.45) is 3.60. The molecule has 1 heterocycles. The van der Waals surface area contributed by atoms with Crippen molar-refractivity contribution in [3.63, 3.8) is 0 Å². The van der Waals surface area contributed by atoms with Crippen LogP contribution in [0.4, 0.5) is 0 Å². The van der Waals surface area contributed by atoms with Crippen LogP contribution in [0.15, 0.2) is 24.5 Å². The van der Waals surface area contributed by atoms with Crippen molar-refractivity contribution in [2.24, 2.45) is 0 Å². The third-order valence-corrected chi connectivity index (χ3v) is 1.19. The molecule has 0 aliphatic heterocycles. The Labute approximate surface area is 84.8 Å². The predicted molar refractivity (Wildman–Crippen MR) is 54.6 cm³/mol. The first-order valence-corrected chi connectivity index (χ1v) is 3.22. The lowest BCUT2D eigenvalue weighted by molar-refractivity contribution is 0.595. The molecule has 12 heavy (non-hydrogen) atoms. The maximum absolute atomic E-state index is 3.97. The quantitative estimate of drug-likeness (QED) is 0.735. The maximum Gasteiger partial charge on any atom is 0.0366 e. The van der Waals surface area contributed by atoms with E-state index in [1.54, 1.807) is 6.20 Å². The van der Waals surface area contributed by atoms with Crippen molar-refractivity contribution in [3.05, 3.63) is 30.1 Å². The lowest BCUT2D eigenvalue weighted by Crippen LogP contribution is -2.26. The average Bonchev–Trinajstić information content (AvgIpc) is 2.03. The third kappa shape index (κ3) is 5.32. The van der Waals surface area contributed by atoms with E-state index in [4.69, 9.17) is 0 Å². The second kappa shape index (κ2) is 8.74. The molecule has 3 nitrogen and oxygen atoms in total. The van der Waals surface area contributed by atoms with Crippen LogP contribution in [0.3, 0.4) is 0 Å². The fourth-order valence-electron chi connectivity index (χ4n) is 0.693. The molecular weight excluding hydrogens is 197 g/mol. The molecule has 1 aromatic rings. The molecule has 0 aliphatic carbocycles. The first kappa shape index (κ1) is 14.2. The van der Waals surface area contributed by atoms with Crippen molar-refractivity contribution in [1.82, 2.24) is 15.8 Å². The maximum atomic E-state index is 3.97. The average molecular weight is 210 g/mol. The summed E-state index contributed by atoms with van der Waals surface area (Å²) in [6.45, 7) is 0.810. The minimum Gasteiger partial charge on any atom is -0.264 e. The van der Waals surface area contributed by atoms with E-state index in [0.717, 1.165) is 6.54 Å². The first-order chi connectivity index (χ1) is 4.93. The van der Waals surface area contributed by atoms with Crippen LogP contribution in [-0.4, -0.2) is 12.0 Å². The predicted octanol–water partition coefficient (Wildman–Crippen LogP) is 1.15. The number of aromatic nitrogens is 1. The molecule has 0 fully saturated rings. The Kier molecular flexibility index (Phi) is 10.3. The molecule has 1 aromatic heterocycles. The second-order valence-electron chi connectivity index (χ2n) is 1.96. The fraction of sp³-hybridized carbons (Fsp3) is 0.286. The normalized spacial score (nSPS) is 8.08. The molecule has 0 bridgehead atoms. The summed E-state index contributed by atoms with van der Waals surface area (Å²) in [5.74, 6) is 0. The van der Waals surface area contributed by atoms with Crippen molar-refractivity contribution >= 4 is 24.8 Å². The van der Waals surface area contributed by atoms with Crippen molar-refractivity contribution in [2.45, 2.75) is 6.54 Å². The van der Waals surface area contributed by atoms with Crippen LogP contribution in [0, 0.1) is 0 Å². The number of nitrogens with one attached hydrogen (secondary N) is 2. The van der Waals surface area contributed by atoms with Gasteiger partial charge in [-0.15, -0.1) is 24.8 Å². The summed E-state index contributed by atoms with van der Waals surface area (Å²) >= 11 is 0. The van der Waals surface area contributed by atoms with E-state index in [1.165, 1.54) is 5.56 Å². The molecule has 0 spiro atoms. The van der Waals surface area contributed by atoms with Gasteiger partial charge >= 0.3 is 0 Å². The molecular formula is C7H13Cl2N3. The Morgan fingerprint density at radius 3 is 2.67 bits per heavy atom. The van der Waals surface area contributed by atoms with Crippen LogP contribution in [0.2, 0.25) is 0 Å². The van der Waals surface area contributed by atoms with Crippen LogP contribution in [0.1, 0.15) is 5.56 Å². The van der Waals surface area contributed by atoms with Crippen molar-refractivity contribution in [2.75, 3.05) is 7.05 Å². The van der Waals surface area contributed by atoms with E-state index in [9.17, 15) is 0 Å². The van der Waals surface area contributed by atoms with Crippen molar-refractivity contribution in [3.8, 4) is 0 Å². The molecule has 0 atom stereocenters. The molecule has 0 aromatic carbocycles. The van der Waals surface area contributed by atoms with E-state index in [0.29, 0.717) is 0 Å². The van der Waals surface area contributed by atoms with Crippen LogP contribution >= 0.6 is 24.8 Å². The molecule has 5 heteroatoms. The van der Waals surface area contributed by atoms with E-state index in [-0.39, 0.29) is 24.8 Å². The van der Waals surface area contributed by atoms with Gasteiger partial charge in [-0.1, -0.05) is 6.07 Å². The van der Waals surface area contributed by atoms with E-state index >= 15 is 0 Å². The Balaban J connectivity index is 0. The monoisotopic (exact) mass is 209 g/mol. The largest absolute Gasteiger partial charge is 0.264 e. The Hall–Kier alpha value is -0.350. The molecule has 0 amide bonds. The van der Waals surface area contributed by atoms with Gasteiger partial charge in [0.05, 0.1) is 0 Å². The number of hydrazine groups is 1. The first-order valence-electron chi connectivity index (χ1n) is 3.22. The number of rotatable bonds is 3. The summed E-state index contributed by atoms with van der Waals surface area (Å²) < 4.78 is 0. The molecule has 1 rings (SSSR count). The molecule has 0 unspecified atom stereocenters. The van der Waals surface area contributed by atoms with Gasteiger partial charge in [0.25, 0.3) is 0 Å². The summed E-state index contributed by atoms with van der Waals surface area (Å²) in [6, 6.07) is 3.95. The third-order valence-electron chi connectivity index (χ3n) is 1.19. The number of pyridine rings is 1. The van der Waals surface area contributed by atoms with E-state index in [2.05, 4.69) is 15.8 Å². The number of hydrogen-bond acceptors (Lipinski definition) is 3. The zero-order valence-electron chi connectivity index (χ0n) is 6.78. The number of hydrogen-bond donors (Lipinski definition) is 2. The lowest BCUT2D eigenvalue weighted by atomic mass is 10.3. The molecule has 0 saturated heterocycles. The standard InChI is InChI=1S/C7H11N3.2ClH/c1-8-10-6-7-3-2-4-9-5-7;;/h2-5,8,10H,6H2,1H3;2*1H. The Morgan fingerprint density at radius 2 is 2.17 bits per heavy atom. The van der Waals surface area contributed by atoms with E-state index < -0.39 is 0 Å². The number of nitrogens with zero attached hydrogens (tertiary/aromatic N) is 1. The van der Waals surface area contributed by atoms with Gasteiger partial charge in [-0.3, -0.25) is 15.8 Å². The molecule has 0 aliphatic rings. The van der Waals surface area contributed by atoms with Gasteiger partial charge in [0.2, 0.25) is 0 Å². The minimum atomic E-state index is 0. The van der Waals surface area contributed by atoms with Gasteiger partial charge in [0.15, 0.2) is 0 Å². The molecule has 70 valence electrons. The second-order valence-corrected chi connectivity index (χ2v) is 1.96. The smallest absolute Gasteiger partial charge is 0.0366 e. The van der Waals surface area contributed by atoms with Crippen LogP contribution in [0.5, 0.6) is 0 Å². The zero-order valence-corrected chi connectivity index (χ0v) is 8.41. The molecule has 2 N–H and O–H groups in total. The highest BCUT2D eigenvalue weighted by Gasteiger charge is 1.86. The summed E-state index contributed by atoms with van der Waals surface area (Å²) in [7, 11) is 1.84. The topological polar surface area (TPSA) is 37.0 Å². The van der Waals surface area contributed by atoms with Crippen LogP contribution in [-0.2, 0) is 6.54 Å². The van der Waals surface area contributed by atoms with Crippen LogP contribution < -0.4 is 10.9 Å². The summed E-state index contributed by atoms with van der Waals surface area (Å²) in [5.41, 5.74) is 6.99. The summed E-state index contributed by atoms with van der Waals surface area (Å²) in [4.78, 5) is 3.97. The highest BCUT2D eigenvalue weighted by atomic mass is 35.5. The highest BCUT2D eigenvalue weighted by Crippen LogP contribution is 1.92. The van der Waals surface area contributed by atoms with Gasteiger partial charge in [-0.05, 0) is 18.7 Å². The number of halogens is 2. The molecule has 0 saturated carbocycles. The van der Waals surface area contributed by atoms with E-state index in [1.807, 2.05) is 25.4 Å². The van der Waals surface area contributed by atoms with Gasteiger partial charge in [-0.2, -0.15) is 0 Å². The van der Waals surface area contributed by atoms with Crippen LogP contribution in [0.25, 0.3) is 0 Å². The Morgan fingerprint density at radius 1 is 1.42 bits per heavy atom. The molecule has 0 radical (unpaired) electrons. The zero-order chi connectivity index (χ0) is 7.23. The van der Waals surface area contributed by atoms with Gasteiger partial charge in [0.1, 0.15) is 0 Å². The van der Waals surface area contributed by atoms with Crippen molar-refractivity contribution < 1.29 is 0 Å².